The molecule has 10 nitrogen and oxygen atoms in total. The highest BCUT2D eigenvalue weighted by Crippen LogP contribution is 2.42. The zero-order valence-electron chi connectivity index (χ0n) is 13.3. The van der Waals surface area contributed by atoms with Crippen LogP contribution >= 0.6 is 0 Å². The van der Waals surface area contributed by atoms with Crippen molar-refractivity contribution in [3.8, 4) is 0 Å². The van der Waals surface area contributed by atoms with Crippen molar-refractivity contribution in [2.75, 3.05) is 6.61 Å². The normalized spacial score (nSPS) is 40.4. The molecule has 0 aromatic carbocycles. The van der Waals surface area contributed by atoms with Gasteiger partial charge in [0.15, 0.2) is 30.1 Å². The molecule has 0 bridgehead atoms. The summed E-state index contributed by atoms with van der Waals surface area (Å²) in [6.45, 7) is 7.29. The molecule has 3 aliphatic rings. The van der Waals surface area contributed by atoms with Crippen molar-refractivity contribution in [3.05, 3.63) is 10.4 Å². The largest absolute Gasteiger partial charge is 0.452 e. The van der Waals surface area contributed by atoms with Crippen LogP contribution in [-0.2, 0) is 28.4 Å². The van der Waals surface area contributed by atoms with E-state index in [4.69, 9.17) is 34.0 Å². The van der Waals surface area contributed by atoms with Gasteiger partial charge in [0, 0.05) is 10.0 Å². The van der Waals surface area contributed by atoms with Gasteiger partial charge in [0.25, 0.3) is 0 Å². The Labute approximate surface area is 132 Å². The molecule has 0 saturated carbocycles. The Morgan fingerprint density at radius 2 is 1.91 bits per heavy atom. The molecule has 23 heavy (non-hydrogen) atoms. The summed E-state index contributed by atoms with van der Waals surface area (Å²) in [4.78, 5) is 14.0. The summed E-state index contributed by atoms with van der Waals surface area (Å²) in [6.07, 6.45) is -4.35. The molecule has 5 atom stereocenters. The average Bonchev–Trinajstić information content (AvgIpc) is 3.01. The predicted molar refractivity (Wildman–Crippen MR) is 73.0 cm³/mol. The molecule has 0 aliphatic carbocycles. The number of carbonyl (C=O) groups is 1. The van der Waals surface area contributed by atoms with Crippen molar-refractivity contribution in [3.63, 3.8) is 0 Å². The zero-order valence-corrected chi connectivity index (χ0v) is 13.3. The molecule has 3 aliphatic heterocycles. The number of nitrogens with zero attached hydrogens (tertiary/aromatic N) is 3. The van der Waals surface area contributed by atoms with Gasteiger partial charge >= 0.3 is 6.09 Å². The predicted octanol–water partition coefficient (Wildman–Crippen LogP) is 1.83. The van der Waals surface area contributed by atoms with Gasteiger partial charge < -0.3 is 28.4 Å². The van der Waals surface area contributed by atoms with E-state index in [0.29, 0.717) is 0 Å². The van der Waals surface area contributed by atoms with E-state index >= 15 is 0 Å². The van der Waals surface area contributed by atoms with Crippen LogP contribution in [0.1, 0.15) is 27.7 Å². The molecule has 0 aromatic rings. The lowest BCUT2D eigenvalue weighted by molar-refractivity contribution is -0.231. The van der Waals surface area contributed by atoms with E-state index in [1.165, 1.54) is 0 Å². The number of carbonyl (C=O) groups excluding carboxylic acids is 1. The van der Waals surface area contributed by atoms with Gasteiger partial charge in [0.05, 0.1) is 6.61 Å². The molecule has 0 radical (unpaired) electrons. The minimum Gasteiger partial charge on any atom is -0.452 e. The maximum atomic E-state index is 11.6. The van der Waals surface area contributed by atoms with Crippen LogP contribution < -0.4 is 0 Å². The highest BCUT2D eigenvalue weighted by atomic mass is 16.9. The van der Waals surface area contributed by atoms with Gasteiger partial charge in [-0.2, -0.15) is 0 Å². The second-order valence-corrected chi connectivity index (χ2v) is 6.47. The Kier molecular flexibility index (Phi) is 3.99. The second kappa shape index (κ2) is 5.59. The molecule has 3 rings (SSSR count). The van der Waals surface area contributed by atoms with E-state index in [9.17, 15) is 4.79 Å². The summed E-state index contributed by atoms with van der Waals surface area (Å²) >= 11 is 0. The summed E-state index contributed by atoms with van der Waals surface area (Å²) in [5, 5.41) is 2.92. The first kappa shape index (κ1) is 16.4. The lowest BCUT2D eigenvalue weighted by Crippen LogP contribution is -2.44. The van der Waals surface area contributed by atoms with Crippen molar-refractivity contribution >= 4 is 6.09 Å². The minimum atomic E-state index is -1.06. The third kappa shape index (κ3) is 3.27. The fourth-order valence-electron chi connectivity index (χ4n) is 2.99. The Morgan fingerprint density at radius 1 is 1.17 bits per heavy atom. The summed E-state index contributed by atoms with van der Waals surface area (Å²) < 4.78 is 33.7. The Hall–Kier alpha value is -1.42. The van der Waals surface area contributed by atoms with Crippen molar-refractivity contribution in [2.45, 2.75) is 70.0 Å². The van der Waals surface area contributed by atoms with Gasteiger partial charge in [0.1, 0.15) is 12.2 Å². The van der Waals surface area contributed by atoms with E-state index in [-0.39, 0.29) is 6.61 Å². The van der Waals surface area contributed by atoms with Crippen molar-refractivity contribution in [1.29, 1.82) is 0 Å². The molecule has 0 unspecified atom stereocenters. The van der Waals surface area contributed by atoms with Crippen molar-refractivity contribution in [2.24, 2.45) is 5.11 Å². The van der Waals surface area contributed by atoms with E-state index in [2.05, 4.69) is 10.0 Å². The summed E-state index contributed by atoms with van der Waals surface area (Å²) in [6, 6.07) is 0. The molecular formula is C13H19N3O7. The van der Waals surface area contributed by atoms with Gasteiger partial charge in [-0.15, -0.1) is 0 Å². The van der Waals surface area contributed by atoms with E-state index < -0.39 is 48.4 Å². The van der Waals surface area contributed by atoms with Crippen LogP contribution in [-0.4, -0.2) is 55.0 Å². The lowest BCUT2D eigenvalue weighted by Gasteiger charge is -2.28. The number of azide groups is 1. The standard InChI is InChI=1S/C13H19N3O7/c1-12(2)18-5-6(21-12)7-8(20-11(17)15-16-14)9-10(19-7)23-13(3,4)22-9/h6-10H,5H2,1-4H3/t6-,7-,8+,9-,10-/m1/s1. The van der Waals surface area contributed by atoms with Gasteiger partial charge in [-0.25, -0.2) is 4.79 Å². The SMILES string of the molecule is CC1(C)O[C@H]2O[C@H]([C@H]3COC(C)(C)O3)[C@H](OC(=O)N=[N+]=[N-])[C@H]2O1. The summed E-state index contributed by atoms with van der Waals surface area (Å²) in [5.74, 6) is -1.62. The van der Waals surface area contributed by atoms with Crippen molar-refractivity contribution < 1.29 is 33.2 Å². The van der Waals surface area contributed by atoms with Crippen LogP contribution in [0.25, 0.3) is 10.4 Å². The lowest BCUT2D eigenvalue weighted by atomic mass is 10.1. The Morgan fingerprint density at radius 3 is 2.52 bits per heavy atom. The van der Waals surface area contributed by atoms with E-state index in [0.717, 1.165) is 0 Å². The van der Waals surface area contributed by atoms with Gasteiger partial charge in [-0.1, -0.05) is 0 Å². The average molecular weight is 329 g/mol. The molecule has 0 N–H and O–H groups in total. The van der Waals surface area contributed by atoms with Gasteiger partial charge in [0.2, 0.25) is 0 Å². The number of ether oxygens (including phenoxy) is 6. The quantitative estimate of drug-likeness (QED) is 0.430. The Bertz CT molecular complexity index is 546. The molecule has 3 heterocycles. The first-order valence-corrected chi connectivity index (χ1v) is 7.29. The topological polar surface area (TPSA) is 121 Å². The first-order valence-electron chi connectivity index (χ1n) is 7.29. The third-order valence-electron chi connectivity index (χ3n) is 3.79. The highest BCUT2D eigenvalue weighted by molar-refractivity contribution is 5.68. The summed E-state index contributed by atoms with van der Waals surface area (Å²) in [7, 11) is 0. The monoisotopic (exact) mass is 329 g/mol. The molecule has 128 valence electrons. The number of hydrogen-bond donors (Lipinski definition) is 0. The van der Waals surface area contributed by atoms with Gasteiger partial charge in [-0.05, 0) is 33.2 Å². The summed E-state index contributed by atoms with van der Waals surface area (Å²) in [5.41, 5.74) is 8.35. The van der Waals surface area contributed by atoms with Crippen LogP contribution in [0.2, 0.25) is 0 Å². The van der Waals surface area contributed by atoms with Crippen molar-refractivity contribution in [1.82, 2.24) is 0 Å². The molecule has 0 aromatic heterocycles. The maximum absolute atomic E-state index is 11.6. The number of hydrogen-bond acceptors (Lipinski definition) is 7. The zero-order chi connectivity index (χ0) is 16.8. The number of amides is 1. The van der Waals surface area contributed by atoms with Crippen LogP contribution in [0.3, 0.4) is 0 Å². The van der Waals surface area contributed by atoms with Crippen LogP contribution in [0.15, 0.2) is 5.11 Å². The fourth-order valence-corrected chi connectivity index (χ4v) is 2.99. The molecule has 3 fully saturated rings. The molecule has 3 saturated heterocycles. The number of fused-ring (bicyclic) bond motifs is 1. The van der Waals surface area contributed by atoms with Gasteiger partial charge in [-0.3, -0.25) is 0 Å². The molecule has 1 amide bonds. The van der Waals surface area contributed by atoms with Crippen LogP contribution in [0.5, 0.6) is 0 Å². The third-order valence-corrected chi connectivity index (χ3v) is 3.79. The first-order chi connectivity index (χ1) is 10.7. The Balaban J connectivity index is 1.78. The van der Waals surface area contributed by atoms with Crippen LogP contribution in [0, 0.1) is 0 Å². The minimum absolute atomic E-state index is 0.274. The molecule has 0 spiro atoms. The maximum Gasteiger partial charge on any atom is 0.397 e. The molecule has 10 heteroatoms. The van der Waals surface area contributed by atoms with Crippen LogP contribution in [0.4, 0.5) is 4.79 Å². The van der Waals surface area contributed by atoms with E-state index in [1.54, 1.807) is 27.7 Å². The second-order valence-electron chi connectivity index (χ2n) is 6.47. The molecular weight excluding hydrogens is 310 g/mol. The fraction of sp³-hybridized carbons (Fsp3) is 0.923. The van der Waals surface area contributed by atoms with E-state index in [1.807, 2.05) is 0 Å². The smallest absolute Gasteiger partial charge is 0.397 e. The highest BCUT2D eigenvalue weighted by Gasteiger charge is 2.59. The number of rotatable bonds is 2.